The van der Waals surface area contributed by atoms with Crippen LogP contribution in [0.1, 0.15) is 46.0 Å². The third-order valence-corrected chi connectivity index (χ3v) is 5.49. The highest BCUT2D eigenvalue weighted by Crippen LogP contribution is 2.11. The number of hydrogen-bond acceptors (Lipinski definition) is 4. The van der Waals surface area contributed by atoms with E-state index < -0.39 is 22.2 Å². The molecule has 0 saturated carbocycles. The summed E-state index contributed by atoms with van der Waals surface area (Å²) in [6, 6.07) is -1.04. The first-order chi connectivity index (χ1) is 8.88. The summed E-state index contributed by atoms with van der Waals surface area (Å²) in [6.07, 6.45) is 4.34. The van der Waals surface area contributed by atoms with Gasteiger partial charge in [-0.2, -0.15) is 12.7 Å². The zero-order valence-corrected chi connectivity index (χ0v) is 12.5. The molecule has 19 heavy (non-hydrogen) atoms. The molecule has 1 saturated heterocycles. The number of rotatable bonds is 6. The molecule has 0 spiro atoms. The Morgan fingerprint density at radius 1 is 1.26 bits per heavy atom. The standard InChI is InChI=1S/C12H24N2O4S/c1-3-10(2)11(12(15)16)13-19(17,18)14-8-6-4-5-7-9-14/h10-11,13H,3-9H2,1-2H3,(H,15,16)/t10-,11-/m0/s1. The van der Waals surface area contributed by atoms with Crippen LogP contribution in [-0.2, 0) is 15.0 Å². The average Bonchev–Trinajstić information content (AvgIpc) is 2.64. The monoisotopic (exact) mass is 292 g/mol. The van der Waals surface area contributed by atoms with E-state index in [4.69, 9.17) is 0 Å². The largest absolute Gasteiger partial charge is 0.544 e. The topological polar surface area (TPSA) is 94.1 Å². The minimum absolute atomic E-state index is 0.244. The fourth-order valence-corrected chi connectivity index (χ4v) is 3.93. The predicted octanol–water partition coefficient (Wildman–Crippen LogP) is -1.16. The third-order valence-electron chi connectivity index (χ3n) is 3.77. The normalized spacial score (nSPS) is 21.6. The maximum Gasteiger partial charge on any atom is 0.369 e. The van der Waals surface area contributed by atoms with E-state index in [2.05, 4.69) is 0 Å². The summed E-state index contributed by atoms with van der Waals surface area (Å²) in [4.78, 5) is 11.1. The molecule has 0 amide bonds. The SMILES string of the molecule is CC[C@H](C)[C@H]([NH2+]S(=O)(=O)N1CCCCCC1)C(=O)[O-]. The summed E-state index contributed by atoms with van der Waals surface area (Å²) < 4.78 is 26.9. The van der Waals surface area contributed by atoms with E-state index in [1.165, 1.54) is 4.31 Å². The molecule has 0 aliphatic carbocycles. The zero-order chi connectivity index (χ0) is 14.5. The Labute approximate surface area is 115 Å². The van der Waals surface area contributed by atoms with Gasteiger partial charge in [-0.05, 0) is 19.3 Å². The van der Waals surface area contributed by atoms with Crippen LogP contribution in [0.25, 0.3) is 0 Å². The summed E-state index contributed by atoms with van der Waals surface area (Å²) in [5.74, 6) is -1.56. The molecule has 0 aromatic rings. The van der Waals surface area contributed by atoms with Crippen molar-refractivity contribution in [2.75, 3.05) is 13.1 Å². The van der Waals surface area contributed by atoms with Gasteiger partial charge < -0.3 is 9.90 Å². The van der Waals surface area contributed by atoms with Crippen LogP contribution >= 0.6 is 0 Å². The second-order valence-corrected chi connectivity index (χ2v) is 7.04. The number of nitrogens with two attached hydrogens (primary N) is 1. The molecule has 7 heteroatoms. The van der Waals surface area contributed by atoms with Gasteiger partial charge in [-0.3, -0.25) is 0 Å². The van der Waals surface area contributed by atoms with Crippen molar-refractivity contribution in [3.05, 3.63) is 0 Å². The van der Waals surface area contributed by atoms with E-state index in [1.54, 1.807) is 6.92 Å². The number of carboxylic acids is 1. The molecule has 1 fully saturated rings. The van der Waals surface area contributed by atoms with Gasteiger partial charge in [0, 0.05) is 19.0 Å². The zero-order valence-electron chi connectivity index (χ0n) is 11.7. The van der Waals surface area contributed by atoms with E-state index in [0.717, 1.165) is 30.4 Å². The summed E-state index contributed by atoms with van der Waals surface area (Å²) in [5.41, 5.74) is 0. The highest BCUT2D eigenvalue weighted by molar-refractivity contribution is 7.82. The van der Waals surface area contributed by atoms with Crippen molar-refractivity contribution < 1.29 is 23.0 Å². The van der Waals surface area contributed by atoms with Gasteiger partial charge in [-0.15, -0.1) is 0 Å². The fourth-order valence-electron chi connectivity index (χ4n) is 2.24. The van der Waals surface area contributed by atoms with Gasteiger partial charge in [-0.25, -0.2) is 4.72 Å². The Balaban J connectivity index is 2.77. The van der Waals surface area contributed by atoms with Gasteiger partial charge in [0.1, 0.15) is 12.0 Å². The van der Waals surface area contributed by atoms with Crippen LogP contribution in [0.2, 0.25) is 0 Å². The van der Waals surface area contributed by atoms with E-state index in [0.29, 0.717) is 19.5 Å². The second kappa shape index (κ2) is 7.21. The number of nitrogens with zero attached hydrogens (tertiary/aromatic N) is 1. The number of carbonyl (C=O) groups is 1. The van der Waals surface area contributed by atoms with Crippen molar-refractivity contribution >= 4 is 16.2 Å². The molecule has 0 radical (unpaired) electrons. The van der Waals surface area contributed by atoms with Crippen LogP contribution in [0, 0.1) is 5.92 Å². The molecule has 0 bridgehead atoms. The number of carbonyl (C=O) groups excluding carboxylic acids is 1. The van der Waals surface area contributed by atoms with Crippen molar-refractivity contribution in [2.45, 2.75) is 52.0 Å². The van der Waals surface area contributed by atoms with Crippen LogP contribution in [0.5, 0.6) is 0 Å². The molecular weight excluding hydrogens is 268 g/mol. The van der Waals surface area contributed by atoms with Gasteiger partial charge >= 0.3 is 10.2 Å². The molecule has 2 N–H and O–H groups in total. The van der Waals surface area contributed by atoms with Crippen LogP contribution in [0.3, 0.4) is 0 Å². The minimum Gasteiger partial charge on any atom is -0.544 e. The molecule has 0 aromatic heterocycles. The highest BCUT2D eigenvalue weighted by atomic mass is 32.2. The summed E-state index contributed by atoms with van der Waals surface area (Å²) in [6.45, 7) is 4.54. The minimum atomic E-state index is -3.62. The Kier molecular flexibility index (Phi) is 6.22. The summed E-state index contributed by atoms with van der Waals surface area (Å²) in [7, 11) is -3.62. The van der Waals surface area contributed by atoms with Gasteiger partial charge in [0.05, 0.1) is 0 Å². The lowest BCUT2D eigenvalue weighted by atomic mass is 10.0. The van der Waals surface area contributed by atoms with Gasteiger partial charge in [-0.1, -0.05) is 26.7 Å². The third kappa shape index (κ3) is 4.74. The van der Waals surface area contributed by atoms with Crippen LogP contribution in [-0.4, -0.2) is 37.8 Å². The molecule has 0 aromatic carbocycles. The highest BCUT2D eigenvalue weighted by Gasteiger charge is 2.32. The van der Waals surface area contributed by atoms with Crippen LogP contribution in [0.4, 0.5) is 0 Å². The van der Waals surface area contributed by atoms with Crippen molar-refractivity contribution in [3.8, 4) is 0 Å². The van der Waals surface area contributed by atoms with Crippen molar-refractivity contribution in [1.29, 1.82) is 0 Å². The van der Waals surface area contributed by atoms with Crippen molar-refractivity contribution in [2.24, 2.45) is 5.92 Å². The predicted molar refractivity (Wildman–Crippen MR) is 69.1 cm³/mol. The maximum atomic E-state index is 12.3. The van der Waals surface area contributed by atoms with Crippen LogP contribution < -0.4 is 9.83 Å². The smallest absolute Gasteiger partial charge is 0.369 e. The molecule has 0 unspecified atom stereocenters. The Hall–Kier alpha value is -0.660. The molecular formula is C12H24N2O4S. The number of carboxylic acid groups (broad SMARTS) is 1. The number of hydrogen-bond donors (Lipinski definition) is 1. The first-order valence-corrected chi connectivity index (χ1v) is 8.44. The van der Waals surface area contributed by atoms with E-state index in [1.807, 2.05) is 6.92 Å². The van der Waals surface area contributed by atoms with Gasteiger partial charge in [0.25, 0.3) is 0 Å². The lowest BCUT2D eigenvalue weighted by Crippen LogP contribution is -2.98. The molecule has 6 nitrogen and oxygen atoms in total. The number of aliphatic carboxylic acids is 1. The number of quaternary nitrogens is 1. The fraction of sp³-hybridized carbons (Fsp3) is 0.917. The Bertz CT molecular complexity index is 389. The van der Waals surface area contributed by atoms with Gasteiger partial charge in [0.2, 0.25) is 0 Å². The second-order valence-electron chi connectivity index (χ2n) is 5.22. The lowest BCUT2D eigenvalue weighted by molar-refractivity contribution is -0.552. The molecule has 112 valence electrons. The lowest BCUT2D eigenvalue weighted by Gasteiger charge is -2.25. The van der Waals surface area contributed by atoms with Gasteiger partial charge in [0.15, 0.2) is 0 Å². The molecule has 1 heterocycles. The molecule has 1 rings (SSSR count). The Morgan fingerprint density at radius 3 is 2.21 bits per heavy atom. The van der Waals surface area contributed by atoms with E-state index >= 15 is 0 Å². The van der Waals surface area contributed by atoms with Crippen LogP contribution in [0.15, 0.2) is 0 Å². The quantitative estimate of drug-likeness (QED) is 0.668. The first kappa shape index (κ1) is 16.4. The first-order valence-electron chi connectivity index (χ1n) is 6.94. The maximum absolute atomic E-state index is 12.3. The average molecular weight is 292 g/mol. The van der Waals surface area contributed by atoms with Crippen molar-refractivity contribution in [3.63, 3.8) is 0 Å². The Morgan fingerprint density at radius 2 is 1.79 bits per heavy atom. The molecule has 2 atom stereocenters. The van der Waals surface area contributed by atoms with Crippen molar-refractivity contribution in [1.82, 2.24) is 4.31 Å². The van der Waals surface area contributed by atoms with E-state index in [9.17, 15) is 18.3 Å². The molecule has 1 aliphatic rings. The molecule has 1 aliphatic heterocycles. The summed E-state index contributed by atoms with van der Waals surface area (Å²) in [5, 5.41) is 11.1. The summed E-state index contributed by atoms with van der Waals surface area (Å²) >= 11 is 0. The van der Waals surface area contributed by atoms with E-state index in [-0.39, 0.29) is 5.92 Å².